The van der Waals surface area contributed by atoms with E-state index in [4.69, 9.17) is 19.4 Å². The van der Waals surface area contributed by atoms with Crippen molar-refractivity contribution in [3.05, 3.63) is 65.9 Å². The van der Waals surface area contributed by atoms with Gasteiger partial charge in [-0.25, -0.2) is 9.97 Å². The largest absolute Gasteiger partial charge is 0.495 e. The number of anilines is 3. The molecule has 6 rings (SSSR count). The number of nitrogens with one attached hydrogen (secondary N) is 2. The lowest BCUT2D eigenvalue weighted by molar-refractivity contribution is 0.00212. The van der Waals surface area contributed by atoms with Crippen LogP contribution in [0.3, 0.4) is 0 Å². The van der Waals surface area contributed by atoms with Crippen molar-refractivity contribution in [1.82, 2.24) is 19.9 Å². The molecule has 8 heteroatoms. The first kappa shape index (κ1) is 23.7. The van der Waals surface area contributed by atoms with Crippen LogP contribution in [0.4, 0.5) is 17.1 Å². The van der Waals surface area contributed by atoms with Gasteiger partial charge >= 0.3 is 0 Å². The van der Waals surface area contributed by atoms with E-state index in [-0.39, 0.29) is 0 Å². The number of para-hydroxylation sites is 2. The zero-order valence-electron chi connectivity index (χ0n) is 21.6. The van der Waals surface area contributed by atoms with Gasteiger partial charge in [0.05, 0.1) is 36.1 Å². The Morgan fingerprint density at radius 2 is 1.81 bits per heavy atom. The third kappa shape index (κ3) is 4.98. The third-order valence-electron chi connectivity index (χ3n) is 7.92. The number of H-pyrrole nitrogens is 1. The molecule has 0 saturated carbocycles. The lowest BCUT2D eigenvalue weighted by atomic mass is 9.72. The van der Waals surface area contributed by atoms with Gasteiger partial charge in [-0.15, -0.1) is 0 Å². The molecular weight excluding hydrogens is 464 g/mol. The van der Waals surface area contributed by atoms with Gasteiger partial charge in [-0.2, -0.15) is 0 Å². The molecule has 2 aliphatic heterocycles. The fourth-order valence-corrected chi connectivity index (χ4v) is 5.67. The Bertz CT molecular complexity index is 1370. The van der Waals surface area contributed by atoms with Crippen LogP contribution < -0.4 is 15.0 Å². The first-order chi connectivity index (χ1) is 18.1. The number of nitrogens with zero attached hydrogens (tertiary/aromatic N) is 4. The van der Waals surface area contributed by atoms with E-state index >= 15 is 0 Å². The summed E-state index contributed by atoms with van der Waals surface area (Å²) in [6.07, 6.45) is 7.55. The van der Waals surface area contributed by atoms with E-state index < -0.39 is 0 Å². The maximum Gasteiger partial charge on any atom is 0.180 e. The molecule has 2 saturated heterocycles. The molecule has 0 radical (unpaired) electrons. The van der Waals surface area contributed by atoms with Crippen LogP contribution in [-0.2, 0) is 11.2 Å². The van der Waals surface area contributed by atoms with Crippen molar-refractivity contribution in [2.75, 3.05) is 43.6 Å². The van der Waals surface area contributed by atoms with Crippen molar-refractivity contribution in [3.63, 3.8) is 0 Å². The minimum absolute atomic E-state index is 0.493. The average Bonchev–Trinajstić information content (AvgIpc) is 3.31. The first-order valence-electron chi connectivity index (χ1n) is 13.1. The summed E-state index contributed by atoms with van der Waals surface area (Å²) in [6, 6.07) is 14.3. The first-order valence-corrected chi connectivity index (χ1v) is 13.1. The zero-order valence-corrected chi connectivity index (χ0v) is 21.6. The Hall–Kier alpha value is -3.65. The summed E-state index contributed by atoms with van der Waals surface area (Å²) >= 11 is 0. The maximum absolute atomic E-state index is 5.60. The van der Waals surface area contributed by atoms with Crippen LogP contribution >= 0.6 is 0 Å². The summed E-state index contributed by atoms with van der Waals surface area (Å²) in [4.78, 5) is 20.0. The van der Waals surface area contributed by atoms with E-state index in [0.29, 0.717) is 17.5 Å². The van der Waals surface area contributed by atoms with Crippen LogP contribution in [0, 0.1) is 12.3 Å². The zero-order chi connectivity index (χ0) is 25.2. The van der Waals surface area contributed by atoms with Crippen molar-refractivity contribution in [1.29, 1.82) is 0 Å². The summed E-state index contributed by atoms with van der Waals surface area (Å²) in [5, 5.41) is 3.51. The molecule has 0 unspecified atom stereocenters. The minimum atomic E-state index is 0.493. The van der Waals surface area contributed by atoms with E-state index in [2.05, 4.69) is 38.4 Å². The number of rotatable bonds is 6. The van der Waals surface area contributed by atoms with Crippen LogP contribution in [0.25, 0.3) is 11.2 Å². The van der Waals surface area contributed by atoms with Crippen LogP contribution in [0.2, 0.25) is 0 Å². The Labute approximate surface area is 217 Å². The van der Waals surface area contributed by atoms with Gasteiger partial charge in [0.2, 0.25) is 0 Å². The standard InChI is InChI=1S/C29H34N6O2/c1-20-31-27-25(34-24-5-3-4-6-26(24)36-2)18-22(33-28(27)32-20)17-21-7-8-23(19-30-21)35-13-9-29(10-14-35)11-15-37-16-12-29/h3-8,18-19H,9-17H2,1-2H3,(H2,31,32,33,34). The van der Waals surface area contributed by atoms with Gasteiger partial charge in [0.25, 0.3) is 0 Å². The SMILES string of the molecule is COc1ccccc1Nc1cc(Cc2ccc(N3CCC4(CCOCC4)CC3)cn2)nc2nc(C)[nH]c12. The molecule has 1 spiro atoms. The van der Waals surface area contributed by atoms with Crippen molar-refractivity contribution < 1.29 is 9.47 Å². The number of pyridine rings is 2. The lowest BCUT2D eigenvalue weighted by Gasteiger charge is -2.44. The van der Waals surface area contributed by atoms with E-state index in [9.17, 15) is 0 Å². The number of aryl methyl sites for hydroxylation is 1. The number of hydrogen-bond donors (Lipinski definition) is 2. The number of imidazole rings is 1. The molecule has 8 nitrogen and oxygen atoms in total. The summed E-state index contributed by atoms with van der Waals surface area (Å²) in [7, 11) is 1.68. The van der Waals surface area contributed by atoms with Crippen molar-refractivity contribution in [2.24, 2.45) is 5.41 Å². The van der Waals surface area contributed by atoms with Gasteiger partial charge in [-0.1, -0.05) is 12.1 Å². The number of benzene rings is 1. The predicted octanol–water partition coefficient (Wildman–Crippen LogP) is 5.40. The van der Waals surface area contributed by atoms with E-state index in [1.165, 1.54) is 31.4 Å². The monoisotopic (exact) mass is 498 g/mol. The molecule has 192 valence electrons. The van der Waals surface area contributed by atoms with Gasteiger partial charge in [0.1, 0.15) is 17.1 Å². The smallest absolute Gasteiger partial charge is 0.180 e. The van der Waals surface area contributed by atoms with Gasteiger partial charge in [-0.3, -0.25) is 4.98 Å². The third-order valence-corrected chi connectivity index (χ3v) is 7.92. The molecule has 2 fully saturated rings. The number of hydrogen-bond acceptors (Lipinski definition) is 7. The molecule has 2 aliphatic rings. The topological polar surface area (TPSA) is 88.2 Å². The van der Waals surface area contributed by atoms with Gasteiger partial charge in [0, 0.05) is 38.4 Å². The molecule has 0 bridgehead atoms. The van der Waals surface area contributed by atoms with Gasteiger partial charge < -0.3 is 24.7 Å². The van der Waals surface area contributed by atoms with E-state index in [1.807, 2.05) is 37.4 Å². The number of piperidine rings is 1. The highest BCUT2D eigenvalue weighted by atomic mass is 16.5. The van der Waals surface area contributed by atoms with E-state index in [0.717, 1.165) is 66.2 Å². The van der Waals surface area contributed by atoms with Crippen LogP contribution in [0.15, 0.2) is 48.7 Å². The summed E-state index contributed by atoms with van der Waals surface area (Å²) in [5.41, 5.74) is 6.98. The Kier molecular flexibility index (Phi) is 6.42. The van der Waals surface area contributed by atoms with Crippen molar-refractivity contribution >= 4 is 28.2 Å². The summed E-state index contributed by atoms with van der Waals surface area (Å²) in [6.45, 7) is 5.97. The predicted molar refractivity (Wildman–Crippen MR) is 146 cm³/mol. The quantitative estimate of drug-likeness (QED) is 0.368. The molecule has 1 aromatic carbocycles. The summed E-state index contributed by atoms with van der Waals surface area (Å²) in [5.74, 6) is 1.61. The minimum Gasteiger partial charge on any atom is -0.495 e. The molecule has 2 N–H and O–H groups in total. The van der Waals surface area contributed by atoms with Crippen molar-refractivity contribution in [3.8, 4) is 5.75 Å². The fourth-order valence-electron chi connectivity index (χ4n) is 5.67. The maximum atomic E-state index is 5.60. The fraction of sp³-hybridized carbons (Fsp3) is 0.414. The molecule has 4 aromatic rings. The summed E-state index contributed by atoms with van der Waals surface area (Å²) < 4.78 is 11.1. The van der Waals surface area contributed by atoms with Gasteiger partial charge in [0.15, 0.2) is 5.65 Å². The number of methoxy groups -OCH3 is 1. The lowest BCUT2D eigenvalue weighted by Crippen LogP contribution is -2.43. The molecule has 0 aliphatic carbocycles. The average molecular weight is 499 g/mol. The number of aromatic amines is 1. The molecule has 0 atom stereocenters. The second-order valence-corrected chi connectivity index (χ2v) is 10.3. The Morgan fingerprint density at radius 1 is 1.00 bits per heavy atom. The van der Waals surface area contributed by atoms with Crippen LogP contribution in [0.5, 0.6) is 5.75 Å². The van der Waals surface area contributed by atoms with Crippen LogP contribution in [-0.4, -0.2) is 53.3 Å². The highest BCUT2D eigenvalue weighted by molar-refractivity contribution is 5.89. The molecular formula is C29H34N6O2. The van der Waals surface area contributed by atoms with Crippen molar-refractivity contribution in [2.45, 2.75) is 39.0 Å². The highest BCUT2D eigenvalue weighted by Gasteiger charge is 2.36. The molecule has 0 amide bonds. The second kappa shape index (κ2) is 10.0. The number of fused-ring (bicyclic) bond motifs is 1. The molecule has 3 aromatic heterocycles. The number of ether oxygens (including phenoxy) is 2. The highest BCUT2D eigenvalue weighted by Crippen LogP contribution is 2.41. The molecule has 5 heterocycles. The van der Waals surface area contributed by atoms with E-state index in [1.54, 1.807) is 7.11 Å². The Balaban J connectivity index is 1.19. The molecule has 37 heavy (non-hydrogen) atoms. The van der Waals surface area contributed by atoms with Gasteiger partial charge in [-0.05, 0) is 68.4 Å². The second-order valence-electron chi connectivity index (χ2n) is 10.3. The Morgan fingerprint density at radius 3 is 2.57 bits per heavy atom. The normalized spacial score (nSPS) is 17.3. The van der Waals surface area contributed by atoms with Crippen LogP contribution in [0.1, 0.15) is 42.9 Å². The number of aromatic nitrogens is 4.